The van der Waals surface area contributed by atoms with Crippen molar-refractivity contribution < 1.29 is 35.1 Å². The smallest absolute Gasteiger partial charge is 0.456 e. The first-order chi connectivity index (χ1) is 16.4. The molecule has 4 heterocycles. The van der Waals surface area contributed by atoms with Crippen LogP contribution in [0.2, 0.25) is 0 Å². The first kappa shape index (κ1) is 24.5. The zero-order valence-corrected chi connectivity index (χ0v) is 19.0. The monoisotopic (exact) mass is 516 g/mol. The van der Waals surface area contributed by atoms with Crippen LogP contribution in [0, 0.1) is 0 Å². The van der Waals surface area contributed by atoms with Crippen molar-refractivity contribution in [3.63, 3.8) is 0 Å². The highest BCUT2D eigenvalue weighted by atomic mass is 32.2. The summed E-state index contributed by atoms with van der Waals surface area (Å²) in [5, 5.41) is 8.06. The van der Waals surface area contributed by atoms with E-state index in [1.165, 1.54) is 23.7 Å². The van der Waals surface area contributed by atoms with Crippen LogP contribution in [0.4, 0.5) is 22.0 Å². The van der Waals surface area contributed by atoms with E-state index in [4.69, 9.17) is 0 Å². The first-order valence-electron chi connectivity index (χ1n) is 9.98. The van der Waals surface area contributed by atoms with Crippen molar-refractivity contribution in [3.8, 4) is 28.4 Å². The second kappa shape index (κ2) is 8.55. The lowest BCUT2D eigenvalue weighted by Gasteiger charge is -2.19. The molecule has 0 aliphatic heterocycles. The van der Waals surface area contributed by atoms with E-state index in [0.717, 1.165) is 12.3 Å². The lowest BCUT2D eigenvalue weighted by atomic mass is 10.2. The number of nitrogens with zero attached hydrogens (tertiary/aromatic N) is 6. The number of aryl methyl sites for hydroxylation is 1. The van der Waals surface area contributed by atoms with Gasteiger partial charge in [0.05, 0.1) is 34.6 Å². The molecule has 0 fully saturated rings. The quantitative estimate of drug-likeness (QED) is 0.346. The number of hydrogen-bond acceptors (Lipinski definition) is 7. The average molecular weight is 516 g/mol. The minimum absolute atomic E-state index is 0.0445. The first-order valence-corrected chi connectivity index (χ1v) is 11.6. The molecule has 0 aromatic carbocycles. The van der Waals surface area contributed by atoms with Gasteiger partial charge in [-0.1, -0.05) is 6.92 Å². The molecule has 4 aromatic heterocycles. The third-order valence-corrected chi connectivity index (χ3v) is 6.71. The Morgan fingerprint density at radius 2 is 1.71 bits per heavy atom. The van der Waals surface area contributed by atoms with E-state index in [1.807, 2.05) is 0 Å². The van der Waals surface area contributed by atoms with Gasteiger partial charge in [-0.25, -0.2) is 17.9 Å². The minimum Gasteiger partial charge on any atom is -0.485 e. The normalized spacial score (nSPS) is 12.9. The fourth-order valence-corrected chi connectivity index (χ4v) is 4.18. The topological polar surface area (TPSA) is 104 Å². The number of aromatic nitrogens is 6. The summed E-state index contributed by atoms with van der Waals surface area (Å²) >= 11 is 0. The van der Waals surface area contributed by atoms with Gasteiger partial charge in [0.15, 0.2) is 27.1 Å². The molecule has 0 radical (unpaired) electrons. The van der Waals surface area contributed by atoms with Gasteiger partial charge in [0.1, 0.15) is 5.75 Å². The predicted octanol–water partition coefficient (Wildman–Crippen LogP) is 3.56. The summed E-state index contributed by atoms with van der Waals surface area (Å²) in [5.41, 5.74) is 1.34. The molecule has 4 rings (SSSR count). The molecule has 0 unspecified atom stereocenters. The number of alkyl halides is 5. The fraction of sp³-hybridized carbons (Fsp3) is 0.300. The van der Waals surface area contributed by atoms with Crippen LogP contribution in [0.15, 0.2) is 47.9 Å². The van der Waals surface area contributed by atoms with Gasteiger partial charge in [-0.05, 0) is 24.3 Å². The van der Waals surface area contributed by atoms with Crippen LogP contribution in [-0.4, -0.2) is 62.2 Å². The van der Waals surface area contributed by atoms with Gasteiger partial charge in [-0.3, -0.25) is 9.67 Å². The molecule has 4 aromatic rings. The molecule has 0 saturated carbocycles. The Balaban J connectivity index is 1.80. The molecule has 0 amide bonds. The predicted molar refractivity (Wildman–Crippen MR) is 113 cm³/mol. The van der Waals surface area contributed by atoms with Crippen LogP contribution >= 0.6 is 0 Å². The second-order valence-electron chi connectivity index (χ2n) is 7.36. The molecule has 15 heteroatoms. The van der Waals surface area contributed by atoms with Crippen molar-refractivity contribution in [2.75, 3.05) is 12.4 Å². The largest absolute Gasteiger partial charge is 0.485 e. The zero-order chi connectivity index (χ0) is 25.6. The van der Waals surface area contributed by atoms with Crippen molar-refractivity contribution in [1.82, 2.24) is 29.4 Å². The van der Waals surface area contributed by atoms with E-state index in [2.05, 4.69) is 24.9 Å². The summed E-state index contributed by atoms with van der Waals surface area (Å²) in [7, 11) is -2.19. The highest BCUT2D eigenvalue weighted by molar-refractivity contribution is 7.91. The van der Waals surface area contributed by atoms with Crippen molar-refractivity contribution in [1.29, 1.82) is 0 Å². The SMILES string of the molecule is CCS(=O)(=O)c1nn2c(-c3ccnn3C)ccnc2c1-c1ccc(OCC(F)(F)C(F)(F)F)cn1. The molecular formula is C20H17F5N6O3S. The van der Waals surface area contributed by atoms with Crippen LogP contribution in [0.5, 0.6) is 5.75 Å². The lowest BCUT2D eigenvalue weighted by molar-refractivity contribution is -0.290. The van der Waals surface area contributed by atoms with Crippen LogP contribution in [0.1, 0.15) is 6.92 Å². The summed E-state index contributed by atoms with van der Waals surface area (Å²) < 4.78 is 96.5. The molecule has 0 aliphatic rings. The van der Waals surface area contributed by atoms with Crippen LogP contribution in [-0.2, 0) is 16.9 Å². The Morgan fingerprint density at radius 1 is 1.00 bits per heavy atom. The molecule has 0 atom stereocenters. The second-order valence-corrected chi connectivity index (χ2v) is 9.55. The van der Waals surface area contributed by atoms with Crippen LogP contribution < -0.4 is 4.74 Å². The minimum atomic E-state index is -5.77. The summed E-state index contributed by atoms with van der Waals surface area (Å²) in [6.45, 7) is -0.497. The van der Waals surface area contributed by atoms with Gasteiger partial charge in [0, 0.05) is 19.4 Å². The summed E-state index contributed by atoms with van der Waals surface area (Å²) in [5.74, 6) is -5.70. The number of fused-ring (bicyclic) bond motifs is 1. The lowest BCUT2D eigenvalue weighted by Crippen LogP contribution is -2.41. The molecule has 0 bridgehead atoms. The number of rotatable bonds is 7. The molecule has 0 saturated heterocycles. The molecule has 0 N–H and O–H groups in total. The molecule has 0 aliphatic carbocycles. The molecule has 9 nitrogen and oxygen atoms in total. The Kier molecular flexibility index (Phi) is 5.99. The number of ether oxygens (including phenoxy) is 1. The van der Waals surface area contributed by atoms with E-state index in [-0.39, 0.29) is 33.4 Å². The van der Waals surface area contributed by atoms with Gasteiger partial charge in [0.2, 0.25) is 0 Å². The van der Waals surface area contributed by atoms with Gasteiger partial charge in [-0.15, -0.1) is 0 Å². The van der Waals surface area contributed by atoms with Gasteiger partial charge in [-0.2, -0.15) is 32.1 Å². The van der Waals surface area contributed by atoms with Crippen LogP contribution in [0.25, 0.3) is 28.3 Å². The maximum atomic E-state index is 13.1. The number of pyridine rings is 1. The van der Waals surface area contributed by atoms with Crippen molar-refractivity contribution in [2.24, 2.45) is 7.05 Å². The van der Waals surface area contributed by atoms with Crippen molar-refractivity contribution in [3.05, 3.63) is 42.9 Å². The number of halogens is 5. The highest BCUT2D eigenvalue weighted by Crippen LogP contribution is 2.36. The Labute approximate surface area is 195 Å². The summed E-state index contributed by atoms with van der Waals surface area (Å²) in [6, 6.07) is 5.65. The van der Waals surface area contributed by atoms with E-state index in [0.29, 0.717) is 11.4 Å². The Hall–Kier alpha value is -3.62. The Bertz CT molecular complexity index is 1480. The van der Waals surface area contributed by atoms with E-state index in [9.17, 15) is 30.4 Å². The third kappa shape index (κ3) is 4.42. The fourth-order valence-electron chi connectivity index (χ4n) is 3.19. The van der Waals surface area contributed by atoms with E-state index in [1.54, 1.807) is 30.1 Å². The van der Waals surface area contributed by atoms with E-state index >= 15 is 0 Å². The zero-order valence-electron chi connectivity index (χ0n) is 18.2. The molecule has 186 valence electrons. The maximum absolute atomic E-state index is 13.1. The average Bonchev–Trinajstić information content (AvgIpc) is 3.41. The number of hydrogen-bond donors (Lipinski definition) is 0. The molecule has 35 heavy (non-hydrogen) atoms. The summed E-state index contributed by atoms with van der Waals surface area (Å²) in [4.78, 5) is 8.28. The van der Waals surface area contributed by atoms with Gasteiger partial charge < -0.3 is 4.74 Å². The Morgan fingerprint density at radius 3 is 2.29 bits per heavy atom. The molecular weight excluding hydrogens is 499 g/mol. The van der Waals surface area contributed by atoms with Crippen LogP contribution in [0.3, 0.4) is 0 Å². The van der Waals surface area contributed by atoms with E-state index < -0.39 is 28.5 Å². The summed E-state index contributed by atoms with van der Waals surface area (Å²) in [6.07, 6.45) is -1.85. The number of sulfone groups is 1. The van der Waals surface area contributed by atoms with Gasteiger partial charge in [0.25, 0.3) is 0 Å². The maximum Gasteiger partial charge on any atom is 0.456 e. The standard InChI is InChI=1S/C20H17F5N6O3S/c1-3-35(32,33)18-16(13-5-4-12(10-27-13)34-11-19(21,22)20(23,24)25)17-26-8-6-15(31(17)29-18)14-7-9-28-30(14)2/h4-10H,3,11H2,1-2H3. The van der Waals surface area contributed by atoms with Gasteiger partial charge >= 0.3 is 12.1 Å². The van der Waals surface area contributed by atoms with Crippen molar-refractivity contribution >= 4 is 15.5 Å². The highest BCUT2D eigenvalue weighted by Gasteiger charge is 2.58. The molecule has 0 spiro atoms. The van der Waals surface area contributed by atoms with Crippen molar-refractivity contribution in [2.45, 2.75) is 24.0 Å². The third-order valence-electron chi connectivity index (χ3n) is 5.07.